The summed E-state index contributed by atoms with van der Waals surface area (Å²) in [6, 6.07) is -0.141. The van der Waals surface area contributed by atoms with Crippen molar-refractivity contribution in [2.24, 2.45) is 7.05 Å². The predicted molar refractivity (Wildman–Crippen MR) is 80.6 cm³/mol. The molecule has 3 amide bonds. The van der Waals surface area contributed by atoms with E-state index >= 15 is 0 Å². The molecule has 0 radical (unpaired) electrons. The first-order valence-electron chi connectivity index (χ1n) is 7.11. The number of hydrogen-bond acceptors (Lipinski definition) is 5. The minimum Gasteiger partial charge on any atom is -0.447 e. The molecule has 0 aliphatic carbocycles. The van der Waals surface area contributed by atoms with Crippen LogP contribution < -0.4 is 5.32 Å². The van der Waals surface area contributed by atoms with Crippen LogP contribution in [-0.2, 0) is 18.3 Å². The summed E-state index contributed by atoms with van der Waals surface area (Å²) in [7, 11) is 1.93. The molecule has 2 aliphatic heterocycles. The van der Waals surface area contributed by atoms with Crippen LogP contribution in [0.25, 0.3) is 0 Å². The minimum absolute atomic E-state index is 0.0215. The van der Waals surface area contributed by atoms with Gasteiger partial charge in [-0.15, -0.1) is 0 Å². The quantitative estimate of drug-likeness (QED) is 0.818. The summed E-state index contributed by atoms with van der Waals surface area (Å²) in [4.78, 5) is 31.4. The number of nitrogens with one attached hydrogen (secondary N) is 1. The predicted octanol–water partition coefficient (Wildman–Crippen LogP) is 0.488. The Balaban J connectivity index is 1.54. The van der Waals surface area contributed by atoms with E-state index in [0.717, 1.165) is 10.9 Å². The minimum atomic E-state index is -0.274. The Hall–Kier alpha value is -1.90. The zero-order chi connectivity index (χ0) is 15.7. The van der Waals surface area contributed by atoms with Crippen LogP contribution in [0.5, 0.6) is 0 Å². The number of urea groups is 1. The Bertz CT molecular complexity index is 590. The van der Waals surface area contributed by atoms with Crippen molar-refractivity contribution in [1.29, 1.82) is 0 Å². The molecule has 0 aromatic carbocycles. The van der Waals surface area contributed by atoms with Crippen molar-refractivity contribution in [1.82, 2.24) is 24.7 Å². The SMILES string of the molecule is CSc1ncc(CNC(=O)N2CCN3C(=O)OC[C@H]3C2)n1C. The molecule has 22 heavy (non-hydrogen) atoms. The second-order valence-electron chi connectivity index (χ2n) is 5.32. The summed E-state index contributed by atoms with van der Waals surface area (Å²) >= 11 is 1.57. The van der Waals surface area contributed by atoms with Gasteiger partial charge in [-0.3, -0.25) is 4.90 Å². The standard InChI is InChI=1S/C13H19N5O3S/c1-16-9(6-15-12(16)22-2)5-14-11(19)17-3-4-18-10(7-17)8-21-13(18)20/h6,10H,3-5,7-8H2,1-2H3,(H,14,19)/t10-/m1/s1. The van der Waals surface area contributed by atoms with E-state index in [1.54, 1.807) is 27.8 Å². The lowest BCUT2D eigenvalue weighted by Gasteiger charge is -2.35. The van der Waals surface area contributed by atoms with Crippen LogP contribution in [0.4, 0.5) is 9.59 Å². The zero-order valence-electron chi connectivity index (χ0n) is 12.6. The molecule has 2 fully saturated rings. The topological polar surface area (TPSA) is 79.7 Å². The molecule has 8 nitrogen and oxygen atoms in total. The molecule has 1 aromatic heterocycles. The van der Waals surface area contributed by atoms with E-state index < -0.39 is 0 Å². The summed E-state index contributed by atoms with van der Waals surface area (Å²) in [5.41, 5.74) is 0.954. The van der Waals surface area contributed by atoms with Gasteiger partial charge in [-0.25, -0.2) is 14.6 Å². The number of nitrogens with zero attached hydrogens (tertiary/aromatic N) is 4. The number of hydrogen-bond donors (Lipinski definition) is 1. The number of ether oxygens (including phenoxy) is 1. The Labute approximate surface area is 132 Å². The molecular formula is C13H19N5O3S. The first kappa shape index (κ1) is 15.0. The third-order valence-corrected chi connectivity index (χ3v) is 4.79. The van der Waals surface area contributed by atoms with Crippen LogP contribution in [0.3, 0.4) is 0 Å². The fourth-order valence-electron chi connectivity index (χ4n) is 2.73. The average Bonchev–Trinajstić information content (AvgIpc) is 3.08. The highest BCUT2D eigenvalue weighted by molar-refractivity contribution is 7.98. The second kappa shape index (κ2) is 6.07. The van der Waals surface area contributed by atoms with E-state index in [1.807, 2.05) is 17.9 Å². The van der Waals surface area contributed by atoms with Gasteiger partial charge in [0.25, 0.3) is 0 Å². The van der Waals surface area contributed by atoms with Gasteiger partial charge in [0.15, 0.2) is 5.16 Å². The van der Waals surface area contributed by atoms with Crippen molar-refractivity contribution in [2.45, 2.75) is 17.7 Å². The van der Waals surface area contributed by atoms with Crippen LogP contribution in [-0.4, -0.2) is 70.0 Å². The molecule has 1 atom stereocenters. The molecule has 3 heterocycles. The van der Waals surface area contributed by atoms with Gasteiger partial charge in [0, 0.05) is 26.7 Å². The average molecular weight is 325 g/mol. The Morgan fingerprint density at radius 2 is 2.36 bits per heavy atom. The number of imidazole rings is 1. The van der Waals surface area contributed by atoms with Gasteiger partial charge in [-0.05, 0) is 6.26 Å². The summed E-state index contributed by atoms with van der Waals surface area (Å²) in [6.07, 6.45) is 3.47. The number of aromatic nitrogens is 2. The molecule has 1 aromatic rings. The van der Waals surface area contributed by atoms with Crippen molar-refractivity contribution < 1.29 is 14.3 Å². The molecular weight excluding hydrogens is 306 g/mol. The third kappa shape index (κ3) is 2.72. The van der Waals surface area contributed by atoms with Crippen LogP contribution in [0.1, 0.15) is 5.69 Å². The van der Waals surface area contributed by atoms with Gasteiger partial charge in [-0.2, -0.15) is 0 Å². The van der Waals surface area contributed by atoms with Crippen molar-refractivity contribution in [3.63, 3.8) is 0 Å². The maximum absolute atomic E-state index is 12.3. The van der Waals surface area contributed by atoms with Crippen molar-refractivity contribution in [2.75, 3.05) is 32.5 Å². The second-order valence-corrected chi connectivity index (χ2v) is 6.10. The molecule has 0 unspecified atom stereocenters. The largest absolute Gasteiger partial charge is 0.447 e. The zero-order valence-corrected chi connectivity index (χ0v) is 13.4. The molecule has 1 N–H and O–H groups in total. The lowest BCUT2D eigenvalue weighted by atomic mass is 10.2. The Morgan fingerprint density at radius 1 is 1.55 bits per heavy atom. The van der Waals surface area contributed by atoms with Crippen LogP contribution in [0.2, 0.25) is 0 Å². The van der Waals surface area contributed by atoms with Gasteiger partial charge in [0.2, 0.25) is 0 Å². The molecule has 9 heteroatoms. The molecule has 120 valence electrons. The van der Waals surface area contributed by atoms with Gasteiger partial charge in [0.05, 0.1) is 24.5 Å². The maximum Gasteiger partial charge on any atom is 0.410 e. The highest BCUT2D eigenvalue weighted by Crippen LogP contribution is 2.18. The number of carbonyl (C=O) groups excluding carboxylic acids is 2. The molecule has 0 saturated carbocycles. The van der Waals surface area contributed by atoms with E-state index in [9.17, 15) is 9.59 Å². The summed E-state index contributed by atoms with van der Waals surface area (Å²) in [5.74, 6) is 0. The molecule has 2 aliphatic rings. The maximum atomic E-state index is 12.3. The smallest absolute Gasteiger partial charge is 0.410 e. The molecule has 0 bridgehead atoms. The van der Waals surface area contributed by atoms with Gasteiger partial charge >= 0.3 is 12.1 Å². The van der Waals surface area contributed by atoms with Crippen molar-refractivity contribution in [3.05, 3.63) is 11.9 Å². The number of cyclic esters (lactones) is 1. The number of rotatable bonds is 3. The van der Waals surface area contributed by atoms with Crippen molar-refractivity contribution >= 4 is 23.9 Å². The Morgan fingerprint density at radius 3 is 3.09 bits per heavy atom. The first-order valence-corrected chi connectivity index (χ1v) is 8.33. The van der Waals surface area contributed by atoms with Crippen LogP contribution in [0, 0.1) is 0 Å². The molecule has 2 saturated heterocycles. The van der Waals surface area contributed by atoms with Crippen LogP contribution in [0.15, 0.2) is 11.4 Å². The van der Waals surface area contributed by atoms with Gasteiger partial charge in [-0.1, -0.05) is 11.8 Å². The monoisotopic (exact) mass is 325 g/mol. The number of carbonyl (C=O) groups is 2. The lowest BCUT2D eigenvalue weighted by molar-refractivity contribution is 0.127. The summed E-state index contributed by atoms with van der Waals surface area (Å²) in [5, 5.41) is 3.83. The van der Waals surface area contributed by atoms with E-state index in [2.05, 4.69) is 10.3 Å². The number of amides is 3. The van der Waals surface area contributed by atoms with Crippen molar-refractivity contribution in [3.8, 4) is 0 Å². The van der Waals surface area contributed by atoms with Gasteiger partial charge in [0.1, 0.15) is 6.61 Å². The number of thioether (sulfide) groups is 1. The molecule has 0 spiro atoms. The Kier molecular flexibility index (Phi) is 4.14. The first-order chi connectivity index (χ1) is 10.6. The normalized spacial score (nSPS) is 20.8. The van der Waals surface area contributed by atoms with Crippen LogP contribution >= 0.6 is 11.8 Å². The number of piperazine rings is 1. The highest BCUT2D eigenvalue weighted by Gasteiger charge is 2.38. The highest BCUT2D eigenvalue weighted by atomic mass is 32.2. The van der Waals surface area contributed by atoms with E-state index in [1.165, 1.54) is 0 Å². The van der Waals surface area contributed by atoms with E-state index in [-0.39, 0.29) is 18.2 Å². The number of fused-ring (bicyclic) bond motifs is 1. The van der Waals surface area contributed by atoms with Gasteiger partial charge < -0.3 is 19.5 Å². The van der Waals surface area contributed by atoms with E-state index in [4.69, 9.17) is 4.74 Å². The lowest BCUT2D eigenvalue weighted by Crippen LogP contribution is -2.55. The molecule has 3 rings (SSSR count). The summed E-state index contributed by atoms with van der Waals surface area (Å²) < 4.78 is 6.97. The third-order valence-electron chi connectivity index (χ3n) is 4.05. The van der Waals surface area contributed by atoms with E-state index in [0.29, 0.717) is 32.8 Å². The summed E-state index contributed by atoms with van der Waals surface area (Å²) in [6.45, 7) is 2.36. The fourth-order valence-corrected chi connectivity index (χ4v) is 3.28. The fraction of sp³-hybridized carbons (Fsp3) is 0.615.